The van der Waals surface area contributed by atoms with E-state index in [0.717, 1.165) is 46.6 Å². The number of aromatic carboxylic acids is 1. The first kappa shape index (κ1) is 75.1. The van der Waals surface area contributed by atoms with Crippen molar-refractivity contribution in [2.75, 3.05) is 49.3 Å². The molecule has 4 aliphatic rings. The Morgan fingerprint density at radius 3 is 1.38 bits per heavy atom. The van der Waals surface area contributed by atoms with Crippen LogP contribution in [-0.4, -0.2) is 111 Å². The number of benzene rings is 8. The third-order valence-electron chi connectivity index (χ3n) is 17.8. The fourth-order valence-corrected chi connectivity index (χ4v) is 15.5. The van der Waals surface area contributed by atoms with Gasteiger partial charge in [0.05, 0.1) is 37.7 Å². The number of anilines is 2. The summed E-state index contributed by atoms with van der Waals surface area (Å²) in [5.41, 5.74) is 2.68. The summed E-state index contributed by atoms with van der Waals surface area (Å²) in [7, 11) is -11.0. The number of ether oxygens (including phenoxy) is 4. The van der Waals surface area contributed by atoms with Gasteiger partial charge in [-0.1, -0.05) is 115 Å². The number of nitrogens with zero attached hydrogens (tertiary/aromatic N) is 4. The highest BCUT2D eigenvalue weighted by Gasteiger charge is 2.50. The molecule has 4 aliphatic heterocycles. The van der Waals surface area contributed by atoms with Crippen molar-refractivity contribution >= 4 is 60.7 Å². The van der Waals surface area contributed by atoms with Gasteiger partial charge in [-0.05, 0) is 89.1 Å². The van der Waals surface area contributed by atoms with Crippen molar-refractivity contribution in [2.45, 2.75) is 86.2 Å². The molecule has 0 spiro atoms. The molecule has 8 aromatic carbocycles. The number of sulfonamides is 2. The second kappa shape index (κ2) is 31.5. The number of rotatable bonds is 21. The molecule has 104 heavy (non-hydrogen) atoms. The number of hydrogen-bond donors (Lipinski definition) is 2. The summed E-state index contributed by atoms with van der Waals surface area (Å²) >= 11 is 0. The van der Waals surface area contributed by atoms with E-state index in [1.807, 2.05) is 6.08 Å². The van der Waals surface area contributed by atoms with Gasteiger partial charge in [0, 0.05) is 38.4 Å². The molecule has 8 aromatic rings. The molecule has 3 saturated heterocycles. The van der Waals surface area contributed by atoms with Gasteiger partial charge < -0.3 is 39.0 Å². The normalized spacial score (nSPS) is 16.4. The highest BCUT2D eigenvalue weighted by Crippen LogP contribution is 2.41. The molecule has 0 unspecified atom stereocenters. The van der Waals surface area contributed by atoms with Crippen LogP contribution < -0.4 is 14.5 Å². The van der Waals surface area contributed by atoms with Crippen LogP contribution >= 0.6 is 0 Å². The van der Waals surface area contributed by atoms with E-state index >= 15 is 8.78 Å². The zero-order valence-corrected chi connectivity index (χ0v) is 55.7. The second-order valence-corrected chi connectivity index (χ2v) is 27.8. The molecule has 3 fully saturated rings. The van der Waals surface area contributed by atoms with Gasteiger partial charge in [0.15, 0.2) is 56.3 Å². The summed E-state index contributed by atoms with van der Waals surface area (Å²) < 4.78 is 250. The first-order chi connectivity index (χ1) is 49.6. The highest BCUT2D eigenvalue weighted by molar-refractivity contribution is 7.89. The molecule has 0 saturated carbocycles. The molecular weight excluding hydrogens is 1440 g/mol. The Bertz CT molecular complexity index is 4850. The Morgan fingerprint density at radius 2 is 0.942 bits per heavy atom. The molecule has 12 rings (SSSR count). The second-order valence-electron chi connectivity index (χ2n) is 24.1. The van der Waals surface area contributed by atoms with Gasteiger partial charge in [-0.2, -0.15) is 8.61 Å². The predicted octanol–water partition coefficient (Wildman–Crippen LogP) is 13.1. The summed E-state index contributed by atoms with van der Waals surface area (Å²) in [6.07, 6.45) is 3.58. The molecule has 0 radical (unpaired) electrons. The van der Waals surface area contributed by atoms with Crippen molar-refractivity contribution in [2.24, 2.45) is 0 Å². The van der Waals surface area contributed by atoms with E-state index in [1.54, 1.807) is 109 Å². The average molecular weight is 1500 g/mol. The summed E-state index contributed by atoms with van der Waals surface area (Å²) in [4.78, 5) is 50.5. The SMILES string of the molecule is O=C(O)c1cc(F)c(N(Cc2ccc(C3CCOCC3)cc2)C(=O)[C@H]2CCN2S(=O)(=O)c2c(F)c(F)c(F)c(F)c2F)cc1O.O=C(OCc1ccccc1)c1cc(F)c(N(Cc2ccc(C3=CCOCC3)cc2)C(=O)[C@H]2CCN2S(=O)(=O)c2c(F)c(F)c(F)c(F)c2F)cc1OCc1ccccc1. The number of aromatic hydroxyl groups is 1. The Balaban J connectivity index is 0.000000216. The van der Waals surface area contributed by atoms with E-state index in [-0.39, 0.29) is 47.6 Å². The standard InChI is InChI=1S/C43H34F6N2O7S.C29H24F6N2O7S/c44-32-21-31(43(53)58-25-28-9-5-2-6-10-28)35(57-24-27-7-3-1-4-8-27)22-34(32)50(23-26-11-13-29(14-12-26)30-16-19-56-20-17-30)42(52)33-15-18-51(33)59(54,55)41-39(48)37(46)36(45)38(47)40(41)49;30-18-11-17(29(40)41)21(38)12-20(18)36(13-14-1-3-15(4-2-14)16-6-9-44-10-7-16)28(39)19-5-8-37(19)45(42,43)27-25(34)23(32)22(31)24(33)26(27)35/h1-14,16,21-22,33H,15,17-20,23-25H2;1-4,11-12,16,19,38H,5-10,13H2,(H,40,41)/t33-;19-/m11/s1. The summed E-state index contributed by atoms with van der Waals surface area (Å²) in [5.74, 6) is -33.8. The van der Waals surface area contributed by atoms with Crippen molar-refractivity contribution in [3.05, 3.63) is 254 Å². The molecule has 18 nitrogen and oxygen atoms in total. The van der Waals surface area contributed by atoms with Crippen molar-refractivity contribution in [1.82, 2.24) is 8.61 Å². The number of phenols is 1. The van der Waals surface area contributed by atoms with Crippen molar-refractivity contribution in [3.8, 4) is 11.5 Å². The lowest BCUT2D eigenvalue weighted by Crippen LogP contribution is -2.59. The predicted molar refractivity (Wildman–Crippen MR) is 346 cm³/mol. The molecule has 32 heteroatoms. The van der Waals surface area contributed by atoms with Gasteiger partial charge in [0.2, 0.25) is 43.5 Å². The Labute approximate surface area is 585 Å². The lowest BCUT2D eigenvalue weighted by Gasteiger charge is -2.41. The lowest BCUT2D eigenvalue weighted by atomic mass is 9.91. The highest BCUT2D eigenvalue weighted by atomic mass is 32.2. The summed E-state index contributed by atoms with van der Waals surface area (Å²) in [5, 5.41) is 19.5. The van der Waals surface area contributed by atoms with Gasteiger partial charge in [0.25, 0.3) is 0 Å². The lowest BCUT2D eigenvalue weighted by molar-refractivity contribution is -0.125. The summed E-state index contributed by atoms with van der Waals surface area (Å²) in [6.45, 7) is -0.120. The maximum atomic E-state index is 16.5. The van der Waals surface area contributed by atoms with Crippen LogP contribution in [0.2, 0.25) is 0 Å². The molecule has 0 aliphatic carbocycles. The van der Waals surface area contributed by atoms with E-state index in [2.05, 4.69) is 0 Å². The number of halogens is 12. The van der Waals surface area contributed by atoms with Crippen molar-refractivity contribution in [1.29, 1.82) is 0 Å². The van der Waals surface area contributed by atoms with Crippen LogP contribution in [0.5, 0.6) is 11.5 Å². The molecular formula is C72H58F12N4O14S2. The third kappa shape index (κ3) is 15.4. The molecule has 0 aromatic heterocycles. The monoisotopic (exact) mass is 1490 g/mol. The van der Waals surface area contributed by atoms with Gasteiger partial charge in [-0.15, -0.1) is 0 Å². The number of carbonyl (C=O) groups is 4. The van der Waals surface area contributed by atoms with E-state index in [4.69, 9.17) is 18.9 Å². The van der Waals surface area contributed by atoms with Gasteiger partial charge in [-0.3, -0.25) is 9.59 Å². The van der Waals surface area contributed by atoms with E-state index in [0.29, 0.717) is 76.4 Å². The van der Waals surface area contributed by atoms with Crippen molar-refractivity contribution in [3.63, 3.8) is 0 Å². The van der Waals surface area contributed by atoms with Crippen LogP contribution in [0.1, 0.15) is 92.1 Å². The molecule has 2 atom stereocenters. The Kier molecular flexibility index (Phi) is 22.7. The van der Waals surface area contributed by atoms with Gasteiger partial charge in [0.1, 0.15) is 59.6 Å². The van der Waals surface area contributed by atoms with E-state index in [1.165, 1.54) is 0 Å². The molecule has 0 bridgehead atoms. The van der Waals surface area contributed by atoms with Crippen LogP contribution in [0.4, 0.5) is 64.1 Å². The third-order valence-corrected chi connectivity index (χ3v) is 21.6. The molecule has 546 valence electrons. The van der Waals surface area contributed by atoms with Crippen LogP contribution in [0, 0.1) is 69.8 Å². The van der Waals surface area contributed by atoms with Crippen LogP contribution in [-0.2, 0) is 70.1 Å². The van der Waals surface area contributed by atoms with E-state index in [9.17, 15) is 90.1 Å². The molecule has 2 amide bonds. The van der Waals surface area contributed by atoms with Crippen LogP contribution in [0.25, 0.3) is 5.57 Å². The first-order valence-electron chi connectivity index (χ1n) is 31.8. The van der Waals surface area contributed by atoms with Crippen molar-refractivity contribution < 1.29 is 118 Å². The number of carbonyl (C=O) groups excluding carboxylic acids is 3. The first-order valence-corrected chi connectivity index (χ1v) is 34.7. The zero-order valence-electron chi connectivity index (χ0n) is 54.1. The largest absolute Gasteiger partial charge is 0.507 e. The van der Waals surface area contributed by atoms with Gasteiger partial charge >= 0.3 is 11.9 Å². The quantitative estimate of drug-likeness (QED) is 0.0295. The van der Waals surface area contributed by atoms with Crippen LogP contribution in [0.15, 0.2) is 149 Å². The number of amides is 2. The summed E-state index contributed by atoms with van der Waals surface area (Å²) in [6, 6.07) is 30.6. The number of carboxylic acid groups (broad SMARTS) is 1. The smallest absolute Gasteiger partial charge is 0.342 e. The minimum Gasteiger partial charge on any atom is -0.507 e. The number of carboxylic acids is 1. The fraction of sp³-hybridized carbons (Fsp3) is 0.250. The maximum Gasteiger partial charge on any atom is 0.342 e. The number of esters is 1. The van der Waals surface area contributed by atoms with Crippen LogP contribution in [0.3, 0.4) is 0 Å². The molecule has 2 N–H and O–H groups in total. The minimum atomic E-state index is -5.54. The number of hydrogen-bond acceptors (Lipinski definition) is 13. The fourth-order valence-electron chi connectivity index (χ4n) is 12.0. The zero-order chi connectivity index (χ0) is 74.6. The Morgan fingerprint density at radius 1 is 0.500 bits per heavy atom. The maximum absolute atomic E-state index is 16.5. The average Bonchev–Trinajstić information content (AvgIpc) is 0.740. The molecule has 4 heterocycles. The Hall–Kier alpha value is -10.1. The topological polar surface area (TPSA) is 227 Å². The van der Waals surface area contributed by atoms with Gasteiger partial charge in [-0.25, -0.2) is 79.1 Å². The van der Waals surface area contributed by atoms with E-state index < -0.39 is 184 Å². The minimum absolute atomic E-state index is 0.113.